The summed E-state index contributed by atoms with van der Waals surface area (Å²) >= 11 is 0. The van der Waals surface area contributed by atoms with Crippen molar-refractivity contribution in [1.82, 2.24) is 0 Å². The van der Waals surface area contributed by atoms with Gasteiger partial charge in [-0.1, -0.05) is 55.2 Å². The zero-order chi connectivity index (χ0) is 13.4. The van der Waals surface area contributed by atoms with Crippen molar-refractivity contribution in [2.45, 2.75) is 6.92 Å². The van der Waals surface area contributed by atoms with Crippen molar-refractivity contribution < 1.29 is 0 Å². The van der Waals surface area contributed by atoms with Gasteiger partial charge >= 0.3 is 0 Å². The van der Waals surface area contributed by atoms with Crippen LogP contribution in [0.25, 0.3) is 6.08 Å². The molecule has 0 saturated carbocycles. The maximum absolute atomic E-state index is 3.80. The minimum Gasteiger partial charge on any atom is -0.378 e. The van der Waals surface area contributed by atoms with E-state index < -0.39 is 0 Å². The van der Waals surface area contributed by atoms with Crippen molar-refractivity contribution in [1.29, 1.82) is 0 Å². The summed E-state index contributed by atoms with van der Waals surface area (Å²) in [5.41, 5.74) is 3.50. The first kappa shape index (κ1) is 14.0. The molecule has 1 nitrogen and oxygen atoms in total. The summed E-state index contributed by atoms with van der Waals surface area (Å²) in [6.45, 7) is 5.80. The molecule has 0 amide bonds. The Labute approximate surface area is 110 Å². The smallest absolute Gasteiger partial charge is 0.0361 e. The number of hydrogen-bond donors (Lipinski definition) is 0. The quantitative estimate of drug-likeness (QED) is 0.686. The summed E-state index contributed by atoms with van der Waals surface area (Å²) in [4.78, 5) is 2.09. The summed E-state index contributed by atoms with van der Waals surface area (Å²) in [7, 11) is 4.08. The molecule has 0 fully saturated rings. The van der Waals surface area contributed by atoms with E-state index in [0.717, 1.165) is 5.57 Å². The Morgan fingerprint density at radius 2 is 1.83 bits per heavy atom. The van der Waals surface area contributed by atoms with E-state index in [1.807, 2.05) is 45.3 Å². The number of nitrogens with zero attached hydrogens (tertiary/aromatic N) is 1. The average Bonchev–Trinajstić information content (AvgIpc) is 2.39. The first-order chi connectivity index (χ1) is 8.67. The molecule has 0 saturated heterocycles. The van der Waals surface area contributed by atoms with E-state index in [9.17, 15) is 0 Å². The van der Waals surface area contributed by atoms with Crippen LogP contribution in [-0.2, 0) is 0 Å². The number of allylic oxidation sites excluding steroid dienone is 6. The van der Waals surface area contributed by atoms with Gasteiger partial charge in [0.2, 0.25) is 0 Å². The molecule has 18 heavy (non-hydrogen) atoms. The monoisotopic (exact) mass is 239 g/mol. The highest BCUT2D eigenvalue weighted by molar-refractivity contribution is 5.58. The van der Waals surface area contributed by atoms with Gasteiger partial charge in [-0.05, 0) is 30.2 Å². The van der Waals surface area contributed by atoms with Crippen LogP contribution in [0.15, 0.2) is 66.8 Å². The lowest BCUT2D eigenvalue weighted by Crippen LogP contribution is -2.07. The van der Waals surface area contributed by atoms with Gasteiger partial charge in [-0.15, -0.1) is 0 Å². The van der Waals surface area contributed by atoms with Crippen LogP contribution in [0.2, 0.25) is 0 Å². The fourth-order valence-electron chi connectivity index (χ4n) is 1.47. The summed E-state index contributed by atoms with van der Waals surface area (Å²) < 4.78 is 0. The molecule has 0 aliphatic rings. The van der Waals surface area contributed by atoms with Crippen molar-refractivity contribution in [2.24, 2.45) is 0 Å². The molecule has 0 radical (unpaired) electrons. The number of anilines is 1. The fourth-order valence-corrected chi connectivity index (χ4v) is 1.47. The van der Waals surface area contributed by atoms with Crippen LogP contribution < -0.4 is 4.90 Å². The van der Waals surface area contributed by atoms with Crippen molar-refractivity contribution in [3.63, 3.8) is 0 Å². The molecule has 0 spiro atoms. The van der Waals surface area contributed by atoms with Gasteiger partial charge in [0.25, 0.3) is 0 Å². The van der Waals surface area contributed by atoms with Crippen LogP contribution in [0.4, 0.5) is 5.69 Å². The third-order valence-corrected chi connectivity index (χ3v) is 2.59. The van der Waals surface area contributed by atoms with E-state index in [1.165, 1.54) is 11.3 Å². The van der Waals surface area contributed by atoms with Gasteiger partial charge in [0.1, 0.15) is 0 Å². The molecule has 0 aromatic heterocycles. The molecule has 0 aliphatic heterocycles. The molecule has 0 aliphatic carbocycles. The standard InChI is InChI=1S/C17H21N/c1-5-7-8-15(6-2)9-10-16-11-13-17(14-12-16)18(3)4/h5-14H,2H2,1,3-4H3/b7-5-,10-9+,15-8+. The third kappa shape index (κ3) is 4.46. The van der Waals surface area contributed by atoms with Gasteiger partial charge in [-0.3, -0.25) is 0 Å². The highest BCUT2D eigenvalue weighted by atomic mass is 15.1. The SMILES string of the molecule is C=CC(/C=C/c1ccc(N(C)C)cc1)=C\C=C/C. The highest BCUT2D eigenvalue weighted by Crippen LogP contribution is 2.14. The molecule has 0 atom stereocenters. The Kier molecular flexibility index (Phi) is 5.72. The van der Waals surface area contributed by atoms with E-state index in [1.54, 1.807) is 0 Å². The van der Waals surface area contributed by atoms with Crippen LogP contribution >= 0.6 is 0 Å². The predicted molar refractivity (Wildman–Crippen MR) is 82.9 cm³/mol. The molecule has 0 unspecified atom stereocenters. The Balaban J connectivity index is 2.80. The second-order valence-electron chi connectivity index (χ2n) is 4.22. The lowest BCUT2D eigenvalue weighted by atomic mass is 10.1. The molecule has 1 aromatic carbocycles. The number of hydrogen-bond acceptors (Lipinski definition) is 1. The van der Waals surface area contributed by atoms with Crippen molar-refractivity contribution >= 4 is 11.8 Å². The van der Waals surface area contributed by atoms with Gasteiger partial charge < -0.3 is 4.90 Å². The topological polar surface area (TPSA) is 3.24 Å². The summed E-state index contributed by atoms with van der Waals surface area (Å²) in [6.07, 6.45) is 12.1. The van der Waals surface area contributed by atoms with Gasteiger partial charge in [-0.2, -0.15) is 0 Å². The van der Waals surface area contributed by atoms with Crippen molar-refractivity contribution in [2.75, 3.05) is 19.0 Å². The largest absolute Gasteiger partial charge is 0.378 e. The first-order valence-corrected chi connectivity index (χ1v) is 6.08. The zero-order valence-corrected chi connectivity index (χ0v) is 11.4. The van der Waals surface area contributed by atoms with Crippen LogP contribution in [-0.4, -0.2) is 14.1 Å². The second-order valence-corrected chi connectivity index (χ2v) is 4.22. The summed E-state index contributed by atoms with van der Waals surface area (Å²) in [5.74, 6) is 0. The maximum atomic E-state index is 3.80. The number of rotatable bonds is 5. The van der Waals surface area contributed by atoms with Crippen LogP contribution in [0.5, 0.6) is 0 Å². The van der Waals surface area contributed by atoms with E-state index in [0.29, 0.717) is 0 Å². The molecule has 94 valence electrons. The van der Waals surface area contributed by atoms with E-state index in [-0.39, 0.29) is 0 Å². The van der Waals surface area contributed by atoms with Crippen molar-refractivity contribution in [3.05, 3.63) is 72.4 Å². The van der Waals surface area contributed by atoms with E-state index in [4.69, 9.17) is 0 Å². The minimum absolute atomic E-state index is 1.10. The zero-order valence-electron chi connectivity index (χ0n) is 11.4. The van der Waals surface area contributed by atoms with Crippen LogP contribution in [0.3, 0.4) is 0 Å². The Morgan fingerprint density at radius 1 is 1.17 bits per heavy atom. The van der Waals surface area contributed by atoms with E-state index in [2.05, 4.69) is 47.9 Å². The molecule has 1 rings (SSSR count). The summed E-state index contributed by atoms with van der Waals surface area (Å²) in [6, 6.07) is 8.45. The maximum Gasteiger partial charge on any atom is 0.0361 e. The lowest BCUT2D eigenvalue weighted by Gasteiger charge is -2.11. The normalized spacial score (nSPS) is 12.3. The molecule has 0 heterocycles. The second kappa shape index (κ2) is 7.33. The van der Waals surface area contributed by atoms with Gasteiger partial charge in [0, 0.05) is 19.8 Å². The molecule has 1 aromatic rings. The molecular formula is C17H21N. The predicted octanol–water partition coefficient (Wildman–Crippen LogP) is 4.45. The van der Waals surface area contributed by atoms with Gasteiger partial charge in [0.05, 0.1) is 0 Å². The Bertz CT molecular complexity index is 459. The van der Waals surface area contributed by atoms with Crippen LogP contribution in [0.1, 0.15) is 12.5 Å². The Hall–Kier alpha value is -2.02. The Morgan fingerprint density at radius 3 is 2.33 bits per heavy atom. The molecule has 0 N–H and O–H groups in total. The molecular weight excluding hydrogens is 218 g/mol. The summed E-state index contributed by atoms with van der Waals surface area (Å²) in [5, 5.41) is 0. The fraction of sp³-hybridized carbons (Fsp3) is 0.176. The number of benzene rings is 1. The lowest BCUT2D eigenvalue weighted by molar-refractivity contribution is 1.13. The van der Waals surface area contributed by atoms with Gasteiger partial charge in [-0.25, -0.2) is 0 Å². The van der Waals surface area contributed by atoms with E-state index >= 15 is 0 Å². The van der Waals surface area contributed by atoms with Gasteiger partial charge in [0.15, 0.2) is 0 Å². The van der Waals surface area contributed by atoms with Crippen LogP contribution in [0, 0.1) is 0 Å². The third-order valence-electron chi connectivity index (χ3n) is 2.59. The average molecular weight is 239 g/mol. The first-order valence-electron chi connectivity index (χ1n) is 6.08. The highest BCUT2D eigenvalue weighted by Gasteiger charge is 1.93. The molecule has 0 bridgehead atoms. The van der Waals surface area contributed by atoms with Crippen molar-refractivity contribution in [3.8, 4) is 0 Å². The minimum atomic E-state index is 1.10. The molecule has 1 heteroatoms.